The Morgan fingerprint density at radius 3 is 2.50 bits per heavy atom. The molecule has 1 saturated heterocycles. The van der Waals surface area contributed by atoms with Gasteiger partial charge < -0.3 is 14.6 Å². The van der Waals surface area contributed by atoms with Gasteiger partial charge in [0.25, 0.3) is 0 Å². The van der Waals surface area contributed by atoms with Crippen LogP contribution in [0.3, 0.4) is 0 Å². The van der Waals surface area contributed by atoms with Gasteiger partial charge in [0.15, 0.2) is 0 Å². The van der Waals surface area contributed by atoms with E-state index in [2.05, 4.69) is 4.98 Å². The number of halogens is 3. The van der Waals surface area contributed by atoms with Gasteiger partial charge in [0.1, 0.15) is 5.65 Å². The number of amides is 1. The number of hydrogen-bond donors (Lipinski definition) is 1. The highest BCUT2D eigenvalue weighted by molar-refractivity contribution is 5.82. The fourth-order valence-electron chi connectivity index (χ4n) is 5.85. The summed E-state index contributed by atoms with van der Waals surface area (Å²) in [5.41, 5.74) is 0.0730. The van der Waals surface area contributed by atoms with Gasteiger partial charge in [-0.05, 0) is 57.1 Å². The maximum Gasteiger partial charge on any atom is 0.418 e. The van der Waals surface area contributed by atoms with E-state index in [-0.39, 0.29) is 22.6 Å². The van der Waals surface area contributed by atoms with Crippen molar-refractivity contribution in [3.8, 4) is 0 Å². The first-order valence-electron chi connectivity index (χ1n) is 10.5. The largest absolute Gasteiger partial charge is 0.418 e. The van der Waals surface area contributed by atoms with Crippen LogP contribution in [0.15, 0.2) is 18.3 Å². The first-order chi connectivity index (χ1) is 13.9. The summed E-state index contributed by atoms with van der Waals surface area (Å²) in [4.78, 5) is 18.9. The highest BCUT2D eigenvalue weighted by Crippen LogP contribution is 2.54. The number of hydrogen-bond acceptors (Lipinski definition) is 3. The molecule has 2 saturated carbocycles. The molecule has 8 heteroatoms. The molecule has 1 aliphatic heterocycles. The summed E-state index contributed by atoms with van der Waals surface area (Å²) in [6.45, 7) is 3.36. The van der Waals surface area contributed by atoms with Gasteiger partial charge in [0, 0.05) is 48.7 Å². The number of aromatic nitrogens is 2. The molecule has 1 N–H and O–H groups in total. The Bertz CT molecular complexity index is 1000. The number of carbonyl (C=O) groups excluding carboxylic acids is 1. The van der Waals surface area contributed by atoms with Gasteiger partial charge >= 0.3 is 6.18 Å². The molecule has 2 aromatic heterocycles. The molecule has 5 nitrogen and oxygen atoms in total. The molecule has 1 spiro atoms. The summed E-state index contributed by atoms with van der Waals surface area (Å²) in [7, 11) is 1.59. The van der Waals surface area contributed by atoms with Crippen molar-refractivity contribution in [2.24, 2.45) is 24.3 Å². The zero-order chi connectivity index (χ0) is 21.5. The summed E-state index contributed by atoms with van der Waals surface area (Å²) in [6.07, 6.45) is 0.638. The molecule has 30 heavy (non-hydrogen) atoms. The number of fused-ring (bicyclic) bond motifs is 1. The summed E-state index contributed by atoms with van der Waals surface area (Å²) >= 11 is 0. The minimum Gasteiger partial charge on any atom is -0.390 e. The van der Waals surface area contributed by atoms with E-state index in [4.69, 9.17) is 0 Å². The molecule has 0 bridgehead atoms. The molecule has 2 aliphatic carbocycles. The van der Waals surface area contributed by atoms with Crippen molar-refractivity contribution in [2.75, 3.05) is 13.1 Å². The average Bonchev–Trinajstić information content (AvgIpc) is 2.90. The summed E-state index contributed by atoms with van der Waals surface area (Å²) in [5, 5.41) is 9.97. The first kappa shape index (κ1) is 19.8. The second-order valence-electron chi connectivity index (χ2n) is 10.1. The molecule has 3 aliphatic rings. The van der Waals surface area contributed by atoms with E-state index in [1.807, 2.05) is 4.90 Å². The standard InChI is InChI=1S/C22H26F3N3O2/c1-20(30)8-14(9-20)19(29)28-11-21(12-28)6-13(7-21)5-15-3-4-16-17(22(23,24)25)10-27(2)18(16)26-15/h3-4,10,13-14,30H,5-9,11-12H2,1-2H3/t14-,20+. The van der Waals surface area contributed by atoms with Crippen molar-refractivity contribution < 1.29 is 23.1 Å². The summed E-state index contributed by atoms with van der Waals surface area (Å²) in [6, 6.07) is 3.24. The molecule has 2 aromatic rings. The van der Waals surface area contributed by atoms with E-state index in [1.54, 1.807) is 20.0 Å². The lowest BCUT2D eigenvalue weighted by molar-refractivity contribution is -0.171. The molecule has 5 rings (SSSR count). The average molecular weight is 421 g/mol. The van der Waals surface area contributed by atoms with Crippen LogP contribution in [0.5, 0.6) is 0 Å². The fraction of sp³-hybridized carbons (Fsp3) is 0.636. The van der Waals surface area contributed by atoms with Crippen LogP contribution in [0.1, 0.15) is 43.9 Å². The predicted octanol–water partition coefficient (Wildman–Crippen LogP) is 3.53. The second-order valence-corrected chi connectivity index (χ2v) is 10.1. The van der Waals surface area contributed by atoms with Crippen LogP contribution in [-0.2, 0) is 24.4 Å². The number of alkyl halides is 3. The van der Waals surface area contributed by atoms with E-state index in [1.165, 1.54) is 10.6 Å². The van der Waals surface area contributed by atoms with Gasteiger partial charge in [-0.2, -0.15) is 13.2 Å². The van der Waals surface area contributed by atoms with Crippen LogP contribution in [0.2, 0.25) is 0 Å². The minimum atomic E-state index is -4.38. The molecule has 0 aromatic carbocycles. The van der Waals surface area contributed by atoms with Gasteiger partial charge in [-0.1, -0.05) is 0 Å². The Kier molecular flexibility index (Phi) is 4.11. The van der Waals surface area contributed by atoms with Crippen LogP contribution in [-0.4, -0.2) is 44.2 Å². The number of nitrogens with zero attached hydrogens (tertiary/aromatic N) is 3. The Balaban J connectivity index is 1.17. The summed E-state index contributed by atoms with van der Waals surface area (Å²) in [5.74, 6) is 0.599. The topological polar surface area (TPSA) is 58.4 Å². The number of carbonyl (C=O) groups is 1. The first-order valence-corrected chi connectivity index (χ1v) is 10.5. The van der Waals surface area contributed by atoms with Crippen LogP contribution < -0.4 is 0 Å². The highest BCUT2D eigenvalue weighted by Gasteiger charge is 2.55. The van der Waals surface area contributed by atoms with Gasteiger partial charge in [0.2, 0.25) is 5.91 Å². The number of pyridine rings is 1. The van der Waals surface area contributed by atoms with Crippen LogP contribution >= 0.6 is 0 Å². The third kappa shape index (κ3) is 3.20. The SMILES string of the molecule is Cn1cc(C(F)(F)F)c2ccc(CC3CC4(C3)CN(C(=O)[C@H]3C[C@@](C)(O)C3)C4)nc21. The molecule has 0 unspecified atom stereocenters. The van der Waals surface area contributed by atoms with E-state index in [0.717, 1.165) is 44.2 Å². The van der Waals surface area contributed by atoms with Gasteiger partial charge in [-0.25, -0.2) is 4.98 Å². The molecular weight excluding hydrogens is 395 g/mol. The lowest BCUT2D eigenvalue weighted by atomic mass is 9.56. The molecule has 3 fully saturated rings. The smallest absolute Gasteiger partial charge is 0.390 e. The molecule has 3 heterocycles. The Labute approximate surface area is 172 Å². The number of aryl methyl sites for hydroxylation is 1. The van der Waals surface area contributed by atoms with Gasteiger partial charge in [-0.3, -0.25) is 4.79 Å². The Morgan fingerprint density at radius 1 is 1.23 bits per heavy atom. The lowest BCUT2D eigenvalue weighted by Gasteiger charge is -2.60. The van der Waals surface area contributed by atoms with E-state index in [9.17, 15) is 23.1 Å². The van der Waals surface area contributed by atoms with Crippen molar-refractivity contribution >= 4 is 16.9 Å². The van der Waals surface area contributed by atoms with Crippen LogP contribution in [0.25, 0.3) is 11.0 Å². The highest BCUT2D eigenvalue weighted by atomic mass is 19.4. The van der Waals surface area contributed by atoms with Gasteiger partial charge in [0.05, 0.1) is 11.2 Å². The zero-order valence-electron chi connectivity index (χ0n) is 17.2. The molecule has 0 radical (unpaired) electrons. The van der Waals surface area contributed by atoms with Crippen molar-refractivity contribution in [1.82, 2.24) is 14.5 Å². The van der Waals surface area contributed by atoms with E-state index in [0.29, 0.717) is 24.4 Å². The third-order valence-corrected chi connectivity index (χ3v) is 7.21. The molecular formula is C22H26F3N3O2. The summed E-state index contributed by atoms with van der Waals surface area (Å²) < 4.78 is 40.9. The Hall–Kier alpha value is -2.09. The van der Waals surface area contributed by atoms with Crippen molar-refractivity contribution in [3.05, 3.63) is 29.6 Å². The van der Waals surface area contributed by atoms with Crippen molar-refractivity contribution in [1.29, 1.82) is 0 Å². The zero-order valence-corrected chi connectivity index (χ0v) is 17.2. The number of rotatable bonds is 3. The minimum absolute atomic E-state index is 0.0315. The monoisotopic (exact) mass is 421 g/mol. The lowest BCUT2D eigenvalue weighted by Crippen LogP contribution is -2.66. The number of likely N-dealkylation sites (tertiary alicyclic amines) is 1. The fourth-order valence-corrected chi connectivity index (χ4v) is 5.85. The quantitative estimate of drug-likeness (QED) is 0.825. The third-order valence-electron chi connectivity index (χ3n) is 7.21. The van der Waals surface area contributed by atoms with Crippen LogP contribution in [0.4, 0.5) is 13.2 Å². The number of aliphatic hydroxyl groups is 1. The Morgan fingerprint density at radius 2 is 1.90 bits per heavy atom. The van der Waals surface area contributed by atoms with E-state index >= 15 is 0 Å². The van der Waals surface area contributed by atoms with Gasteiger partial charge in [-0.15, -0.1) is 0 Å². The normalized spacial score (nSPS) is 28.3. The van der Waals surface area contributed by atoms with Crippen molar-refractivity contribution in [3.63, 3.8) is 0 Å². The van der Waals surface area contributed by atoms with Crippen molar-refractivity contribution in [2.45, 2.75) is 50.8 Å². The maximum atomic E-state index is 13.2. The molecule has 1 amide bonds. The molecule has 162 valence electrons. The predicted molar refractivity (Wildman–Crippen MR) is 105 cm³/mol. The second kappa shape index (κ2) is 6.22. The maximum absolute atomic E-state index is 13.2. The van der Waals surface area contributed by atoms with Crippen LogP contribution in [0, 0.1) is 17.3 Å². The molecule has 0 atom stereocenters. The van der Waals surface area contributed by atoms with E-state index < -0.39 is 17.3 Å².